The number of hydrogen-bond acceptors (Lipinski definition) is 6. The Morgan fingerprint density at radius 2 is 0.268 bits per heavy atom. The van der Waals surface area contributed by atoms with E-state index < -0.39 is 6.10 Å². The first-order chi connectivity index (χ1) is 67.2. The van der Waals surface area contributed by atoms with Crippen molar-refractivity contribution in [2.24, 2.45) is 0 Å². The molecule has 6 heteroatoms. The predicted octanol–water partition coefficient (Wildman–Crippen LogP) is 34.2. The maximum atomic E-state index is 10.7. The Kier molecular flexibility index (Phi) is 32.4. The number of hydrogen-bond donors (Lipinski definition) is 6. The highest BCUT2D eigenvalue weighted by Crippen LogP contribution is 2.39. The first-order valence-corrected chi connectivity index (χ1v) is 46.9. The summed E-state index contributed by atoms with van der Waals surface area (Å²) in [6, 6.07) is 168. The van der Waals surface area contributed by atoms with Crippen molar-refractivity contribution in [3.63, 3.8) is 0 Å². The van der Waals surface area contributed by atoms with E-state index in [0.29, 0.717) is 11.8 Å². The number of aliphatic hydroxyl groups is 6. The van der Waals surface area contributed by atoms with Crippen molar-refractivity contribution < 1.29 is 30.6 Å². The third kappa shape index (κ3) is 22.2. The van der Waals surface area contributed by atoms with Crippen LogP contribution in [0.2, 0.25) is 0 Å². The molecule has 2 unspecified atom stereocenters. The van der Waals surface area contributed by atoms with Crippen molar-refractivity contribution in [1.29, 1.82) is 0 Å². The second-order valence-electron chi connectivity index (χ2n) is 34.7. The van der Waals surface area contributed by atoms with Crippen molar-refractivity contribution in [2.75, 3.05) is 21.3 Å². The third-order valence-corrected chi connectivity index (χ3v) is 25.9. The zero-order valence-corrected chi connectivity index (χ0v) is 78.7. The van der Waals surface area contributed by atoms with Gasteiger partial charge in [0.05, 0.1) is 12.2 Å². The summed E-state index contributed by atoms with van der Waals surface area (Å²) in [7, 11) is 3.00. The molecule has 0 fully saturated rings. The second kappa shape index (κ2) is 46.1. The highest BCUT2D eigenvalue weighted by molar-refractivity contribution is 6.25. The normalized spacial score (nSPS) is 11.3. The average Bonchev–Trinajstić information content (AvgIpc) is 0.754. The third-order valence-electron chi connectivity index (χ3n) is 25.9. The van der Waals surface area contributed by atoms with E-state index in [1.165, 1.54) is 178 Å². The number of rotatable bonds is 7. The molecule has 0 saturated carbocycles. The Morgan fingerprint density at radius 1 is 0.138 bits per heavy atom. The largest absolute Gasteiger partial charge is 0.400 e. The van der Waals surface area contributed by atoms with Crippen LogP contribution in [0.3, 0.4) is 0 Å². The second-order valence-corrected chi connectivity index (χ2v) is 34.7. The van der Waals surface area contributed by atoms with Gasteiger partial charge in [0.15, 0.2) is 0 Å². The Balaban J connectivity index is 0.000000119. The molecule has 0 heterocycles. The molecular formula is C132H118O6. The molecule has 682 valence electrons. The fourth-order valence-corrected chi connectivity index (χ4v) is 18.6. The van der Waals surface area contributed by atoms with E-state index in [9.17, 15) is 15.3 Å². The van der Waals surface area contributed by atoms with Crippen molar-refractivity contribution in [2.45, 2.75) is 72.2 Å². The molecular weight excluding hydrogens is 1680 g/mol. The molecule has 26 rings (SSSR count). The summed E-state index contributed by atoms with van der Waals surface area (Å²) >= 11 is 0. The molecule has 26 aromatic carbocycles. The van der Waals surface area contributed by atoms with Crippen LogP contribution < -0.4 is 0 Å². The van der Waals surface area contributed by atoms with Gasteiger partial charge in [0.2, 0.25) is 0 Å². The highest BCUT2D eigenvalue weighted by Gasteiger charge is 2.16. The summed E-state index contributed by atoms with van der Waals surface area (Å²) in [4.78, 5) is 0. The van der Waals surface area contributed by atoms with Gasteiger partial charge in [-0.2, -0.15) is 0 Å². The van der Waals surface area contributed by atoms with Gasteiger partial charge in [-0.1, -0.05) is 483 Å². The van der Waals surface area contributed by atoms with Crippen LogP contribution >= 0.6 is 0 Å². The fraction of sp³-hybridized carbons (Fsp3) is 0.106. The van der Waals surface area contributed by atoms with Gasteiger partial charge in [0.1, 0.15) is 6.10 Å². The molecule has 2 atom stereocenters. The quantitative estimate of drug-likeness (QED) is 0.0885. The van der Waals surface area contributed by atoms with Gasteiger partial charge < -0.3 is 30.6 Å². The van der Waals surface area contributed by atoms with Gasteiger partial charge >= 0.3 is 0 Å². The molecule has 138 heavy (non-hydrogen) atoms. The van der Waals surface area contributed by atoms with E-state index in [-0.39, 0.29) is 19.6 Å². The lowest BCUT2D eigenvalue weighted by Crippen LogP contribution is -1.99. The molecule has 0 saturated heterocycles. The smallest absolute Gasteiger partial charge is 0.104 e. The Bertz CT molecular complexity index is 7250. The van der Waals surface area contributed by atoms with E-state index >= 15 is 0 Å². The molecule has 26 aromatic rings. The highest BCUT2D eigenvalue weighted by atomic mass is 16.3. The lowest BCUT2D eigenvalue weighted by atomic mass is 9.90. The Hall–Kier alpha value is -15.6. The van der Waals surface area contributed by atoms with Gasteiger partial charge in [-0.15, -0.1) is 0 Å². The SMILES string of the molecule is C.CC(C)c1ccc2ccccc2c1.CC(O)c1ccc2ccccc2c1.CC(O)c1ccc2ccccc2c1.CC(c1ccc2ccccc2c1)c1ccc2ccccc2c1.CO.CO.CO.OC(c1ccc2ccccc2c1)c1ccc2ccccc2c1.c1cc2ccc3cccc4ccc(c1)c2c34.c1cc2ccc3cccc4ccc(c1)c2c34.c1cc2ccc3cccc4ccc(c1)c2c34. The first kappa shape index (κ1) is 97.0. The molecule has 0 aliphatic rings. The van der Waals surface area contributed by atoms with Crippen LogP contribution in [-0.4, -0.2) is 52.0 Å². The fourth-order valence-electron chi connectivity index (χ4n) is 18.6. The molecule has 0 aliphatic heterocycles. The van der Waals surface area contributed by atoms with Crippen LogP contribution in [0, 0.1) is 0 Å². The van der Waals surface area contributed by atoms with E-state index in [2.05, 4.69) is 403 Å². The Labute approximate surface area is 809 Å². The van der Waals surface area contributed by atoms with Crippen LogP contribution in [0.15, 0.2) is 479 Å². The van der Waals surface area contributed by atoms with Crippen LogP contribution in [0.5, 0.6) is 0 Å². The van der Waals surface area contributed by atoms with Gasteiger partial charge in [-0.05, 0) is 255 Å². The molecule has 6 N–H and O–H groups in total. The molecule has 0 radical (unpaired) electrons. The summed E-state index contributed by atoms with van der Waals surface area (Å²) in [6.45, 7) is 10.3. The zero-order valence-electron chi connectivity index (χ0n) is 78.7. The van der Waals surface area contributed by atoms with Crippen molar-refractivity contribution >= 4 is 172 Å². The first-order valence-electron chi connectivity index (χ1n) is 46.9. The molecule has 0 amide bonds. The van der Waals surface area contributed by atoms with Gasteiger partial charge in [0, 0.05) is 27.2 Å². The predicted molar refractivity (Wildman–Crippen MR) is 596 cm³/mol. The maximum absolute atomic E-state index is 10.7. The number of aliphatic hydroxyl groups excluding tert-OH is 6. The monoisotopic (exact) mass is 1800 g/mol. The van der Waals surface area contributed by atoms with Gasteiger partial charge in [-0.3, -0.25) is 0 Å². The summed E-state index contributed by atoms with van der Waals surface area (Å²) < 4.78 is 0. The van der Waals surface area contributed by atoms with Crippen LogP contribution in [0.4, 0.5) is 0 Å². The van der Waals surface area contributed by atoms with E-state index in [1.54, 1.807) is 13.8 Å². The van der Waals surface area contributed by atoms with E-state index in [0.717, 1.165) is 54.4 Å². The molecule has 0 spiro atoms. The average molecular weight is 1800 g/mol. The summed E-state index contributed by atoms with van der Waals surface area (Å²) in [5.41, 5.74) is 7.95. The van der Waals surface area contributed by atoms with E-state index in [4.69, 9.17) is 15.3 Å². The van der Waals surface area contributed by atoms with Crippen molar-refractivity contribution in [1.82, 2.24) is 0 Å². The standard InChI is InChI=1S/C22H18.C21H16O.3C16H10.C13H14.2C12H12O.3CH4O.CH4/c1-16(19-12-10-17-6-2-4-8-21(17)14-19)20-13-11-18-7-3-5-9-22(18)15-20;22-21(19-11-9-15-5-1-3-7-17(15)13-19)20-12-10-16-6-2-4-8-18(16)14-20;3*1-3-11-7-9-13-5-2-6-14-10-8-12(4-1)15(11)16(13)14;1-10(2)12-8-7-11-5-3-4-6-13(11)9-12;2*1-9(13)11-7-6-10-4-2-3-5-12(10)8-11;3*1-2;/h2-16H,1H3;1-14,21-22H;3*1-10H;3-10H,1-2H3;2*2-9,13H,1H3;3*2H,1H3;1H4. The molecule has 0 aliphatic carbocycles. The maximum Gasteiger partial charge on any atom is 0.104 e. The van der Waals surface area contributed by atoms with Crippen molar-refractivity contribution in [3.05, 3.63) is 518 Å². The number of fused-ring (bicyclic) bond motifs is 7. The molecule has 6 nitrogen and oxygen atoms in total. The minimum absolute atomic E-state index is 0. The lowest BCUT2D eigenvalue weighted by molar-refractivity contribution is 0.199. The van der Waals surface area contributed by atoms with Crippen LogP contribution in [0.25, 0.3) is 172 Å². The summed E-state index contributed by atoms with van der Waals surface area (Å²) in [5, 5.41) is 92.3. The van der Waals surface area contributed by atoms with Crippen molar-refractivity contribution in [3.8, 4) is 0 Å². The molecule has 0 bridgehead atoms. The lowest BCUT2D eigenvalue weighted by Gasteiger charge is -2.14. The Morgan fingerprint density at radius 3 is 0.449 bits per heavy atom. The summed E-state index contributed by atoms with van der Waals surface area (Å²) in [5.74, 6) is 1.01. The van der Waals surface area contributed by atoms with Gasteiger partial charge in [-0.25, -0.2) is 0 Å². The van der Waals surface area contributed by atoms with Gasteiger partial charge in [0.25, 0.3) is 0 Å². The van der Waals surface area contributed by atoms with Crippen LogP contribution in [0.1, 0.15) is 111 Å². The molecule has 0 aromatic heterocycles. The number of benzene rings is 26. The minimum Gasteiger partial charge on any atom is -0.400 e. The summed E-state index contributed by atoms with van der Waals surface area (Å²) in [6.07, 6.45) is -1.37. The topological polar surface area (TPSA) is 121 Å². The zero-order chi connectivity index (χ0) is 95.3. The van der Waals surface area contributed by atoms with Crippen LogP contribution in [-0.2, 0) is 0 Å². The van der Waals surface area contributed by atoms with E-state index in [1.807, 2.05) is 97.1 Å². The minimum atomic E-state index is -0.603.